The molecule has 1 aliphatic rings. The van der Waals surface area contributed by atoms with Crippen LogP contribution in [-0.2, 0) is 4.79 Å². The van der Waals surface area contributed by atoms with Crippen molar-refractivity contribution in [3.05, 3.63) is 111 Å². The van der Waals surface area contributed by atoms with Crippen molar-refractivity contribution in [1.29, 1.82) is 0 Å². The Morgan fingerprint density at radius 1 is 0.852 bits per heavy atom. The van der Waals surface area contributed by atoms with E-state index in [2.05, 4.69) is 15.9 Å². The van der Waals surface area contributed by atoms with Crippen molar-refractivity contribution in [2.45, 2.75) is 0 Å². The number of halogens is 2. The number of hydrogen-bond donors (Lipinski definition) is 0. The van der Waals surface area contributed by atoms with Crippen LogP contribution in [0.15, 0.2) is 95.0 Å². The molecule has 1 amide bonds. The topological polar surface area (TPSA) is 20.3 Å². The molecule has 2 nitrogen and oxygen atoms in total. The van der Waals surface area contributed by atoms with Crippen LogP contribution in [0.3, 0.4) is 0 Å². The maximum absolute atomic E-state index is 13.2. The number of amides is 1. The summed E-state index contributed by atoms with van der Waals surface area (Å²) in [5.41, 5.74) is 4.23. The van der Waals surface area contributed by atoms with Gasteiger partial charge in [-0.25, -0.2) is 0 Å². The summed E-state index contributed by atoms with van der Waals surface area (Å²) in [6.07, 6.45) is 3.84. The van der Waals surface area contributed by atoms with E-state index >= 15 is 0 Å². The lowest BCUT2D eigenvalue weighted by Gasteiger charge is -2.21. The normalized spacial score (nSPS) is 15.3. The van der Waals surface area contributed by atoms with Gasteiger partial charge in [0.05, 0.1) is 5.70 Å². The predicted molar refractivity (Wildman–Crippen MR) is 115 cm³/mol. The molecule has 4 rings (SSSR count). The molecule has 0 radical (unpaired) electrons. The molecule has 3 aromatic rings. The largest absolute Gasteiger partial charge is 0.276 e. The molecule has 1 aliphatic heterocycles. The first-order chi connectivity index (χ1) is 13.1. The number of hydrogen-bond acceptors (Lipinski definition) is 1. The second kappa shape index (κ2) is 7.55. The second-order valence-corrected chi connectivity index (χ2v) is 7.52. The number of nitrogens with zero attached hydrogens (tertiary/aromatic N) is 1. The molecule has 132 valence electrons. The smallest absolute Gasteiger partial charge is 0.262 e. The summed E-state index contributed by atoms with van der Waals surface area (Å²) in [7, 11) is 0. The fourth-order valence-corrected chi connectivity index (χ4v) is 3.41. The van der Waals surface area contributed by atoms with Crippen LogP contribution in [0.4, 0.5) is 5.69 Å². The highest BCUT2D eigenvalue weighted by Crippen LogP contribution is 2.36. The summed E-state index contributed by atoms with van der Waals surface area (Å²) >= 11 is 9.49. The summed E-state index contributed by atoms with van der Waals surface area (Å²) < 4.78 is 0.968. The van der Waals surface area contributed by atoms with E-state index in [0.29, 0.717) is 10.6 Å². The molecule has 0 atom stereocenters. The van der Waals surface area contributed by atoms with Crippen molar-refractivity contribution in [3.63, 3.8) is 0 Å². The lowest BCUT2D eigenvalue weighted by molar-refractivity contribution is -0.113. The third kappa shape index (κ3) is 3.75. The zero-order valence-corrected chi connectivity index (χ0v) is 16.6. The Morgan fingerprint density at radius 2 is 1.52 bits per heavy atom. The number of benzene rings is 3. The van der Waals surface area contributed by atoms with Crippen LogP contribution >= 0.6 is 27.5 Å². The molecule has 0 aliphatic carbocycles. The number of anilines is 1. The second-order valence-electron chi connectivity index (χ2n) is 6.16. The van der Waals surface area contributed by atoms with Crippen LogP contribution in [0, 0.1) is 0 Å². The minimum Gasteiger partial charge on any atom is -0.276 e. The average Bonchev–Trinajstić information content (AvgIpc) is 3.00. The van der Waals surface area contributed by atoms with E-state index in [1.807, 2.05) is 91.0 Å². The molecular formula is C23H15BrClNO. The summed E-state index contributed by atoms with van der Waals surface area (Å²) in [4.78, 5) is 15.0. The molecule has 0 N–H and O–H groups in total. The van der Waals surface area contributed by atoms with Gasteiger partial charge in [-0.3, -0.25) is 9.69 Å². The van der Waals surface area contributed by atoms with E-state index in [0.717, 1.165) is 27.0 Å². The predicted octanol–water partition coefficient (Wildman–Crippen LogP) is 6.57. The lowest BCUT2D eigenvalue weighted by atomic mass is 10.1. The monoisotopic (exact) mass is 435 g/mol. The van der Waals surface area contributed by atoms with E-state index in [-0.39, 0.29) is 5.91 Å². The van der Waals surface area contributed by atoms with Crippen LogP contribution in [-0.4, -0.2) is 5.91 Å². The van der Waals surface area contributed by atoms with E-state index in [9.17, 15) is 4.79 Å². The highest BCUT2D eigenvalue weighted by atomic mass is 79.9. The molecule has 0 fully saturated rings. The fourth-order valence-electron chi connectivity index (χ4n) is 3.02. The zero-order valence-electron chi connectivity index (χ0n) is 14.3. The molecular weight excluding hydrogens is 422 g/mol. The molecule has 0 aromatic heterocycles. The summed E-state index contributed by atoms with van der Waals surface area (Å²) in [6, 6.07) is 25.1. The first kappa shape index (κ1) is 17.8. The standard InChI is InChI=1S/C23H15BrClNO/c24-19-8-12-21(13-9-19)26-22(17-6-10-20(25)11-7-17)15-18(23(26)27)14-16-4-2-1-3-5-16/h1-15H/b18-14+. The van der Waals surface area contributed by atoms with Crippen LogP contribution in [0.5, 0.6) is 0 Å². The fraction of sp³-hybridized carbons (Fsp3) is 0. The molecule has 1 heterocycles. The van der Waals surface area contributed by atoms with Gasteiger partial charge in [0, 0.05) is 20.8 Å². The van der Waals surface area contributed by atoms with Crippen molar-refractivity contribution in [1.82, 2.24) is 0 Å². The van der Waals surface area contributed by atoms with Crippen LogP contribution < -0.4 is 4.90 Å². The quantitative estimate of drug-likeness (QED) is 0.425. The maximum Gasteiger partial charge on any atom is 0.262 e. The molecule has 3 aromatic carbocycles. The van der Waals surface area contributed by atoms with Gasteiger partial charge in [-0.1, -0.05) is 70.0 Å². The molecule has 0 spiro atoms. The van der Waals surface area contributed by atoms with E-state index in [1.54, 1.807) is 4.90 Å². The van der Waals surface area contributed by atoms with Gasteiger partial charge in [-0.05, 0) is 59.7 Å². The van der Waals surface area contributed by atoms with Crippen LogP contribution in [0.25, 0.3) is 11.8 Å². The first-order valence-electron chi connectivity index (χ1n) is 8.46. The Bertz CT molecular complexity index is 1040. The Kier molecular flexibility index (Phi) is 4.97. The molecule has 0 bridgehead atoms. The Hall–Kier alpha value is -2.62. The van der Waals surface area contributed by atoms with Crippen molar-refractivity contribution in [2.24, 2.45) is 0 Å². The third-order valence-corrected chi connectivity index (χ3v) is 5.11. The molecule has 0 unspecified atom stereocenters. The average molecular weight is 437 g/mol. The number of carbonyl (C=O) groups excluding carboxylic acids is 1. The van der Waals surface area contributed by atoms with Gasteiger partial charge in [-0.15, -0.1) is 0 Å². The number of rotatable bonds is 3. The van der Waals surface area contributed by atoms with Gasteiger partial charge < -0.3 is 0 Å². The molecule has 4 heteroatoms. The third-order valence-electron chi connectivity index (χ3n) is 4.33. The van der Waals surface area contributed by atoms with Crippen molar-refractivity contribution in [3.8, 4) is 0 Å². The lowest BCUT2D eigenvalue weighted by Crippen LogP contribution is -2.24. The van der Waals surface area contributed by atoms with Crippen molar-refractivity contribution >= 4 is 50.9 Å². The Labute approximate surface area is 171 Å². The van der Waals surface area contributed by atoms with Gasteiger partial charge in [-0.2, -0.15) is 0 Å². The minimum absolute atomic E-state index is 0.0499. The van der Waals surface area contributed by atoms with Crippen molar-refractivity contribution < 1.29 is 4.79 Å². The van der Waals surface area contributed by atoms with Crippen LogP contribution in [0.1, 0.15) is 11.1 Å². The Balaban J connectivity index is 1.82. The maximum atomic E-state index is 13.2. The summed E-state index contributed by atoms with van der Waals surface area (Å²) in [5, 5.41) is 0.666. The van der Waals surface area contributed by atoms with Gasteiger partial charge in [0.15, 0.2) is 0 Å². The van der Waals surface area contributed by atoms with Crippen LogP contribution in [0.2, 0.25) is 5.02 Å². The minimum atomic E-state index is -0.0499. The highest BCUT2D eigenvalue weighted by Gasteiger charge is 2.30. The molecule has 0 saturated heterocycles. The molecule has 0 saturated carbocycles. The Morgan fingerprint density at radius 3 is 2.19 bits per heavy atom. The summed E-state index contributed by atoms with van der Waals surface area (Å²) in [5.74, 6) is -0.0499. The highest BCUT2D eigenvalue weighted by molar-refractivity contribution is 9.10. The zero-order chi connectivity index (χ0) is 18.8. The number of carbonyl (C=O) groups is 1. The first-order valence-corrected chi connectivity index (χ1v) is 9.63. The van der Waals surface area contributed by atoms with Gasteiger partial charge in [0.25, 0.3) is 5.91 Å². The SMILES string of the molecule is O=C1/C(=C/c2ccccc2)C=C(c2ccc(Cl)cc2)N1c1ccc(Br)cc1. The van der Waals surface area contributed by atoms with Gasteiger partial charge in [0.1, 0.15) is 0 Å². The van der Waals surface area contributed by atoms with Crippen molar-refractivity contribution in [2.75, 3.05) is 4.90 Å². The van der Waals surface area contributed by atoms with E-state index in [1.165, 1.54) is 0 Å². The van der Waals surface area contributed by atoms with Gasteiger partial charge in [0.2, 0.25) is 0 Å². The molecule has 27 heavy (non-hydrogen) atoms. The van der Waals surface area contributed by atoms with E-state index < -0.39 is 0 Å². The van der Waals surface area contributed by atoms with E-state index in [4.69, 9.17) is 11.6 Å². The van der Waals surface area contributed by atoms with Gasteiger partial charge >= 0.3 is 0 Å². The summed E-state index contributed by atoms with van der Waals surface area (Å²) in [6.45, 7) is 0.